The van der Waals surface area contributed by atoms with E-state index in [2.05, 4.69) is 10.3 Å². The summed E-state index contributed by atoms with van der Waals surface area (Å²) in [6.45, 7) is 0. The van der Waals surface area contributed by atoms with Gasteiger partial charge in [-0.1, -0.05) is 18.2 Å². The van der Waals surface area contributed by atoms with E-state index in [4.69, 9.17) is 0 Å². The van der Waals surface area contributed by atoms with Gasteiger partial charge in [-0.15, -0.1) is 11.8 Å². The lowest BCUT2D eigenvalue weighted by molar-refractivity contribution is -0.141. The smallest absolute Gasteiger partial charge is 0.326 e. The Morgan fingerprint density at radius 2 is 1.89 bits per heavy atom. The number of H-pyrrole nitrogens is 1. The van der Waals surface area contributed by atoms with Crippen molar-refractivity contribution in [2.75, 3.05) is 5.75 Å². The van der Waals surface area contributed by atoms with Gasteiger partial charge in [-0.25, -0.2) is 9.18 Å². The number of fused-ring (bicyclic) bond motifs is 1. The van der Waals surface area contributed by atoms with Crippen LogP contribution in [0.5, 0.6) is 0 Å². The molecule has 140 valence electrons. The Bertz CT molecular complexity index is 940. The lowest BCUT2D eigenvalue weighted by Gasteiger charge is -2.14. The third kappa shape index (κ3) is 5.10. The molecule has 0 spiro atoms. The van der Waals surface area contributed by atoms with Gasteiger partial charge in [0.25, 0.3) is 0 Å². The molecule has 1 atom stereocenters. The van der Waals surface area contributed by atoms with Crippen LogP contribution in [0.4, 0.5) is 4.39 Å². The van der Waals surface area contributed by atoms with Crippen LogP contribution in [0.25, 0.3) is 10.9 Å². The van der Waals surface area contributed by atoms with Crippen molar-refractivity contribution in [2.45, 2.75) is 23.8 Å². The maximum Gasteiger partial charge on any atom is 0.326 e. The largest absolute Gasteiger partial charge is 0.480 e. The highest BCUT2D eigenvalue weighted by molar-refractivity contribution is 7.99. The van der Waals surface area contributed by atoms with Crippen molar-refractivity contribution in [1.29, 1.82) is 0 Å². The molecule has 1 aromatic heterocycles. The first-order valence-corrected chi connectivity index (χ1v) is 9.47. The van der Waals surface area contributed by atoms with Crippen LogP contribution in [0.1, 0.15) is 12.0 Å². The highest BCUT2D eigenvalue weighted by Gasteiger charge is 2.21. The van der Waals surface area contributed by atoms with Gasteiger partial charge in [-0.3, -0.25) is 4.79 Å². The van der Waals surface area contributed by atoms with Crippen molar-refractivity contribution in [3.05, 3.63) is 66.1 Å². The zero-order valence-electron chi connectivity index (χ0n) is 14.4. The predicted molar refractivity (Wildman–Crippen MR) is 103 cm³/mol. The number of nitrogens with one attached hydrogen (secondary N) is 2. The SMILES string of the molecule is O=C(CCSc1ccc(F)cc1)NC(Cc1c[nH]c2ccccc12)C(=O)O. The average Bonchev–Trinajstić information content (AvgIpc) is 3.06. The molecule has 2 aromatic carbocycles. The van der Waals surface area contributed by atoms with Crippen LogP contribution in [0, 0.1) is 5.82 Å². The topological polar surface area (TPSA) is 82.2 Å². The van der Waals surface area contributed by atoms with E-state index in [-0.39, 0.29) is 24.6 Å². The molecule has 27 heavy (non-hydrogen) atoms. The summed E-state index contributed by atoms with van der Waals surface area (Å²) < 4.78 is 12.9. The first kappa shape index (κ1) is 19.0. The van der Waals surface area contributed by atoms with Crippen molar-refractivity contribution in [2.24, 2.45) is 0 Å². The number of rotatable bonds is 8. The maximum absolute atomic E-state index is 12.9. The molecule has 0 aliphatic carbocycles. The third-order valence-corrected chi connectivity index (χ3v) is 5.16. The van der Waals surface area contributed by atoms with Crippen molar-refractivity contribution < 1.29 is 19.1 Å². The second-order valence-electron chi connectivity index (χ2n) is 6.07. The van der Waals surface area contributed by atoms with Gasteiger partial charge in [-0.05, 0) is 35.9 Å². The lowest BCUT2D eigenvalue weighted by Crippen LogP contribution is -2.42. The molecular weight excluding hydrogens is 367 g/mol. The second kappa shape index (κ2) is 8.73. The first-order valence-electron chi connectivity index (χ1n) is 8.48. The minimum absolute atomic E-state index is 0.180. The van der Waals surface area contributed by atoms with Crippen molar-refractivity contribution >= 4 is 34.5 Å². The number of aliphatic carboxylic acids is 1. The van der Waals surface area contributed by atoms with E-state index in [1.165, 1.54) is 23.9 Å². The molecule has 5 nitrogen and oxygen atoms in total. The third-order valence-electron chi connectivity index (χ3n) is 4.14. The molecule has 0 radical (unpaired) electrons. The van der Waals surface area contributed by atoms with Gasteiger partial charge in [0.05, 0.1) is 0 Å². The number of carbonyl (C=O) groups excluding carboxylic acids is 1. The van der Waals surface area contributed by atoms with E-state index >= 15 is 0 Å². The molecule has 3 N–H and O–H groups in total. The molecule has 0 saturated carbocycles. The highest BCUT2D eigenvalue weighted by atomic mass is 32.2. The Hall–Kier alpha value is -2.80. The van der Waals surface area contributed by atoms with Crippen LogP contribution in [0.2, 0.25) is 0 Å². The number of hydrogen-bond donors (Lipinski definition) is 3. The van der Waals surface area contributed by atoms with E-state index < -0.39 is 12.0 Å². The fourth-order valence-electron chi connectivity index (χ4n) is 2.78. The van der Waals surface area contributed by atoms with Crippen molar-refractivity contribution in [1.82, 2.24) is 10.3 Å². The van der Waals surface area contributed by atoms with E-state index in [9.17, 15) is 19.1 Å². The number of aromatic nitrogens is 1. The highest BCUT2D eigenvalue weighted by Crippen LogP contribution is 2.20. The van der Waals surface area contributed by atoms with Gasteiger partial charge in [0, 0.05) is 40.6 Å². The van der Waals surface area contributed by atoms with Crippen molar-refractivity contribution in [3.8, 4) is 0 Å². The summed E-state index contributed by atoms with van der Waals surface area (Å²) in [7, 11) is 0. The van der Waals surface area contributed by atoms with Crippen LogP contribution < -0.4 is 5.32 Å². The Morgan fingerprint density at radius 1 is 1.15 bits per heavy atom. The van der Waals surface area contributed by atoms with Gasteiger partial charge in [0.1, 0.15) is 11.9 Å². The van der Waals surface area contributed by atoms with Gasteiger partial charge >= 0.3 is 5.97 Å². The molecule has 1 unspecified atom stereocenters. The molecule has 1 heterocycles. The van der Waals surface area contributed by atoms with Crippen LogP contribution in [-0.2, 0) is 16.0 Å². The minimum atomic E-state index is -1.07. The van der Waals surface area contributed by atoms with E-state index in [0.29, 0.717) is 5.75 Å². The molecular formula is C20H19FN2O3S. The molecule has 0 aliphatic rings. The number of carboxylic acids is 1. The molecule has 1 amide bonds. The summed E-state index contributed by atoms with van der Waals surface area (Å²) in [6.07, 6.45) is 2.16. The minimum Gasteiger partial charge on any atom is -0.480 e. The Morgan fingerprint density at radius 3 is 2.63 bits per heavy atom. The predicted octanol–water partition coefficient (Wildman–Crippen LogP) is 3.60. The van der Waals surface area contributed by atoms with Crippen LogP contribution >= 0.6 is 11.8 Å². The maximum atomic E-state index is 12.9. The van der Waals surface area contributed by atoms with E-state index in [0.717, 1.165) is 21.4 Å². The quantitative estimate of drug-likeness (QED) is 0.517. The number of halogens is 1. The van der Waals surface area contributed by atoms with Gasteiger partial charge in [0.15, 0.2) is 0 Å². The van der Waals surface area contributed by atoms with Gasteiger partial charge < -0.3 is 15.4 Å². The Balaban J connectivity index is 1.55. The fraction of sp³-hybridized carbons (Fsp3) is 0.200. The van der Waals surface area contributed by atoms with Gasteiger partial charge in [0.2, 0.25) is 5.91 Å². The molecule has 0 bridgehead atoms. The van der Waals surface area contributed by atoms with Crippen molar-refractivity contribution in [3.63, 3.8) is 0 Å². The summed E-state index contributed by atoms with van der Waals surface area (Å²) in [6, 6.07) is 12.7. The molecule has 0 fully saturated rings. The summed E-state index contributed by atoms with van der Waals surface area (Å²) in [5.41, 5.74) is 1.78. The summed E-state index contributed by atoms with van der Waals surface area (Å²) >= 11 is 1.42. The normalized spacial score (nSPS) is 12.0. The molecule has 3 rings (SSSR count). The molecule has 0 aliphatic heterocycles. The molecule has 3 aromatic rings. The van der Waals surface area contributed by atoms with E-state index in [1.807, 2.05) is 24.3 Å². The number of amides is 1. The number of thioether (sulfide) groups is 1. The number of para-hydroxylation sites is 1. The molecule has 7 heteroatoms. The van der Waals surface area contributed by atoms with Crippen LogP contribution in [-0.4, -0.2) is 33.8 Å². The summed E-state index contributed by atoms with van der Waals surface area (Å²) in [5, 5.41) is 13.0. The zero-order valence-corrected chi connectivity index (χ0v) is 15.3. The lowest BCUT2D eigenvalue weighted by atomic mass is 10.0. The zero-order chi connectivity index (χ0) is 19.2. The second-order valence-corrected chi connectivity index (χ2v) is 7.24. The average molecular weight is 386 g/mol. The standard InChI is InChI=1S/C20H19FN2O3S/c21-14-5-7-15(8-6-14)27-10-9-19(24)23-18(20(25)26)11-13-12-22-17-4-2-1-3-16(13)17/h1-8,12,18,22H,9-11H2,(H,23,24)(H,25,26). The summed E-state index contributed by atoms with van der Waals surface area (Å²) in [4.78, 5) is 27.7. The number of carboxylic acid groups (broad SMARTS) is 1. The number of benzene rings is 2. The van der Waals surface area contributed by atoms with Crippen LogP contribution in [0.15, 0.2) is 59.6 Å². The fourth-order valence-corrected chi connectivity index (χ4v) is 3.63. The monoisotopic (exact) mass is 386 g/mol. The number of carbonyl (C=O) groups is 2. The van der Waals surface area contributed by atoms with Crippen LogP contribution in [0.3, 0.4) is 0 Å². The van der Waals surface area contributed by atoms with Gasteiger partial charge in [-0.2, -0.15) is 0 Å². The summed E-state index contributed by atoms with van der Waals surface area (Å²) in [5.74, 6) is -1.22. The molecule has 0 saturated heterocycles. The van der Waals surface area contributed by atoms with E-state index in [1.54, 1.807) is 18.3 Å². The first-order chi connectivity index (χ1) is 13.0. The number of aromatic amines is 1. The Labute approximate surface area is 160 Å². The number of hydrogen-bond acceptors (Lipinski definition) is 3. The Kier molecular flexibility index (Phi) is 6.13.